The van der Waals surface area contributed by atoms with Crippen LogP contribution in [0.4, 0.5) is 4.79 Å². The Morgan fingerprint density at radius 2 is 1.86 bits per heavy atom. The summed E-state index contributed by atoms with van der Waals surface area (Å²) in [6, 6.07) is -0.439. The predicted octanol–water partition coefficient (Wildman–Crippen LogP) is 1.44. The van der Waals surface area contributed by atoms with Crippen molar-refractivity contribution in [2.24, 2.45) is 11.7 Å². The van der Waals surface area contributed by atoms with Gasteiger partial charge in [0, 0.05) is 26.7 Å². The monoisotopic (exact) mass is 299 g/mol. The number of nitrogens with two attached hydrogens (primary N) is 1. The summed E-state index contributed by atoms with van der Waals surface area (Å²) in [4.78, 5) is 27.2. The van der Waals surface area contributed by atoms with Crippen LogP contribution in [0.2, 0.25) is 0 Å². The highest BCUT2D eigenvalue weighted by molar-refractivity contribution is 5.81. The third-order valence-electron chi connectivity index (χ3n) is 3.55. The first-order valence-corrected chi connectivity index (χ1v) is 7.58. The molecule has 0 aliphatic carbocycles. The van der Waals surface area contributed by atoms with Crippen LogP contribution in [-0.4, -0.2) is 60.1 Å². The molecule has 6 nitrogen and oxygen atoms in total. The number of nitrogens with zero attached hydrogens (tertiary/aromatic N) is 2. The van der Waals surface area contributed by atoms with Crippen molar-refractivity contribution < 1.29 is 14.3 Å². The third kappa shape index (κ3) is 5.91. The van der Waals surface area contributed by atoms with Gasteiger partial charge in [-0.05, 0) is 46.5 Å². The van der Waals surface area contributed by atoms with Crippen LogP contribution in [0.1, 0.15) is 40.5 Å². The van der Waals surface area contributed by atoms with E-state index in [2.05, 4.69) is 0 Å². The molecule has 1 fully saturated rings. The number of hydrogen-bond donors (Lipinski definition) is 1. The Morgan fingerprint density at radius 3 is 2.29 bits per heavy atom. The van der Waals surface area contributed by atoms with Crippen molar-refractivity contribution in [3.05, 3.63) is 0 Å². The van der Waals surface area contributed by atoms with E-state index >= 15 is 0 Å². The van der Waals surface area contributed by atoms with E-state index in [0.29, 0.717) is 25.6 Å². The van der Waals surface area contributed by atoms with E-state index in [1.807, 2.05) is 25.7 Å². The molecule has 0 aromatic rings. The highest BCUT2D eigenvalue weighted by Gasteiger charge is 2.27. The van der Waals surface area contributed by atoms with Gasteiger partial charge in [-0.1, -0.05) is 0 Å². The molecule has 6 heteroatoms. The minimum Gasteiger partial charge on any atom is -0.444 e. The molecule has 0 aromatic carbocycles. The fourth-order valence-electron chi connectivity index (χ4n) is 2.43. The Kier molecular flexibility index (Phi) is 6.01. The molecule has 0 bridgehead atoms. The first-order chi connectivity index (χ1) is 9.60. The minimum absolute atomic E-state index is 0.00828. The summed E-state index contributed by atoms with van der Waals surface area (Å²) in [5.41, 5.74) is 5.15. The number of rotatable bonds is 3. The van der Waals surface area contributed by atoms with Crippen molar-refractivity contribution in [3.63, 3.8) is 0 Å². The second-order valence-electron chi connectivity index (χ2n) is 6.92. The number of piperidine rings is 1. The van der Waals surface area contributed by atoms with E-state index in [1.54, 1.807) is 18.9 Å². The number of likely N-dealkylation sites (tertiary alicyclic amines) is 1. The zero-order valence-corrected chi connectivity index (χ0v) is 13.9. The molecule has 0 radical (unpaired) electrons. The molecule has 0 spiro atoms. The van der Waals surface area contributed by atoms with Crippen LogP contribution in [0, 0.1) is 5.92 Å². The van der Waals surface area contributed by atoms with E-state index in [4.69, 9.17) is 10.5 Å². The zero-order valence-electron chi connectivity index (χ0n) is 13.9. The lowest BCUT2D eigenvalue weighted by Gasteiger charge is -2.35. The van der Waals surface area contributed by atoms with Crippen molar-refractivity contribution in [3.8, 4) is 0 Å². The first kappa shape index (κ1) is 17.8. The highest BCUT2D eigenvalue weighted by Crippen LogP contribution is 2.19. The molecule has 1 aliphatic rings. The molecule has 21 heavy (non-hydrogen) atoms. The number of ether oxygens (including phenoxy) is 1. The van der Waals surface area contributed by atoms with Crippen LogP contribution in [-0.2, 0) is 9.53 Å². The zero-order chi connectivity index (χ0) is 16.2. The average Bonchev–Trinajstić information content (AvgIpc) is 2.36. The molecule has 1 aliphatic heterocycles. The van der Waals surface area contributed by atoms with Crippen molar-refractivity contribution in [1.29, 1.82) is 0 Å². The van der Waals surface area contributed by atoms with Crippen molar-refractivity contribution in [2.45, 2.75) is 52.2 Å². The Balaban J connectivity index is 2.38. The van der Waals surface area contributed by atoms with Gasteiger partial charge in [0.05, 0.1) is 6.04 Å². The Bertz CT molecular complexity index is 369. The van der Waals surface area contributed by atoms with Crippen LogP contribution in [0.3, 0.4) is 0 Å². The van der Waals surface area contributed by atoms with Gasteiger partial charge in [-0.25, -0.2) is 4.79 Å². The lowest BCUT2D eigenvalue weighted by atomic mass is 9.96. The lowest BCUT2D eigenvalue weighted by molar-refractivity contribution is -0.133. The van der Waals surface area contributed by atoms with Crippen LogP contribution in [0.5, 0.6) is 0 Å². The molecule has 1 atom stereocenters. The van der Waals surface area contributed by atoms with Gasteiger partial charge in [0.25, 0.3) is 0 Å². The van der Waals surface area contributed by atoms with Crippen LogP contribution in [0.25, 0.3) is 0 Å². The molecule has 1 unspecified atom stereocenters. The topological polar surface area (TPSA) is 75.9 Å². The van der Waals surface area contributed by atoms with Crippen molar-refractivity contribution in [1.82, 2.24) is 9.80 Å². The second kappa shape index (κ2) is 7.11. The van der Waals surface area contributed by atoms with Gasteiger partial charge in [-0.3, -0.25) is 4.79 Å². The molecule has 122 valence electrons. The second-order valence-corrected chi connectivity index (χ2v) is 6.92. The molecule has 0 aromatic heterocycles. The standard InChI is InChI=1S/C15H29N3O3/c1-11(16)13(19)18-8-6-12(7-9-18)10-17(5)14(20)21-15(2,3)4/h11-12H,6-10,16H2,1-5H3. The normalized spacial score (nSPS) is 18.3. The summed E-state index contributed by atoms with van der Waals surface area (Å²) in [7, 11) is 1.76. The maximum atomic E-state index is 11.9. The van der Waals surface area contributed by atoms with Crippen molar-refractivity contribution in [2.75, 3.05) is 26.7 Å². The van der Waals surface area contributed by atoms with E-state index in [1.165, 1.54) is 0 Å². The molecule has 1 rings (SSSR count). The number of amides is 2. The van der Waals surface area contributed by atoms with Gasteiger partial charge >= 0.3 is 6.09 Å². The largest absolute Gasteiger partial charge is 0.444 e. The summed E-state index contributed by atoms with van der Waals surface area (Å²) in [6.45, 7) is 9.38. The summed E-state index contributed by atoms with van der Waals surface area (Å²) in [6.07, 6.45) is 1.49. The number of carbonyl (C=O) groups excluding carboxylic acids is 2. The first-order valence-electron chi connectivity index (χ1n) is 7.58. The van der Waals surface area contributed by atoms with E-state index in [-0.39, 0.29) is 12.0 Å². The van der Waals surface area contributed by atoms with E-state index in [9.17, 15) is 9.59 Å². The van der Waals surface area contributed by atoms with Crippen molar-refractivity contribution >= 4 is 12.0 Å². The fraction of sp³-hybridized carbons (Fsp3) is 0.867. The maximum Gasteiger partial charge on any atom is 0.410 e. The maximum absolute atomic E-state index is 11.9. The SMILES string of the molecule is CC(N)C(=O)N1CCC(CN(C)C(=O)OC(C)(C)C)CC1. The van der Waals surface area contributed by atoms with Crippen LogP contribution < -0.4 is 5.73 Å². The van der Waals surface area contributed by atoms with Gasteiger partial charge in [0.15, 0.2) is 0 Å². The van der Waals surface area contributed by atoms with E-state index in [0.717, 1.165) is 12.8 Å². The minimum atomic E-state index is -0.474. The average molecular weight is 299 g/mol. The number of hydrogen-bond acceptors (Lipinski definition) is 4. The van der Waals surface area contributed by atoms with Crippen LogP contribution >= 0.6 is 0 Å². The molecule has 2 N–H and O–H groups in total. The summed E-state index contributed by atoms with van der Waals surface area (Å²) in [5, 5.41) is 0. The Morgan fingerprint density at radius 1 is 1.33 bits per heavy atom. The summed E-state index contributed by atoms with van der Waals surface area (Å²) in [5.74, 6) is 0.411. The quantitative estimate of drug-likeness (QED) is 0.855. The molecule has 1 heterocycles. The summed E-state index contributed by atoms with van der Waals surface area (Å²) >= 11 is 0. The molecule has 2 amide bonds. The Hall–Kier alpha value is -1.30. The van der Waals surface area contributed by atoms with E-state index < -0.39 is 11.6 Å². The molecular formula is C15H29N3O3. The molecule has 1 saturated heterocycles. The molecular weight excluding hydrogens is 270 g/mol. The number of carbonyl (C=O) groups is 2. The van der Waals surface area contributed by atoms with Gasteiger partial charge in [-0.2, -0.15) is 0 Å². The third-order valence-corrected chi connectivity index (χ3v) is 3.55. The lowest BCUT2D eigenvalue weighted by Crippen LogP contribution is -2.47. The van der Waals surface area contributed by atoms with Crippen LogP contribution in [0.15, 0.2) is 0 Å². The van der Waals surface area contributed by atoms with Gasteiger partial charge in [-0.15, -0.1) is 0 Å². The fourth-order valence-corrected chi connectivity index (χ4v) is 2.43. The van der Waals surface area contributed by atoms with Gasteiger partial charge in [0.2, 0.25) is 5.91 Å². The highest BCUT2D eigenvalue weighted by atomic mass is 16.6. The smallest absolute Gasteiger partial charge is 0.410 e. The Labute approximate surface area is 127 Å². The van der Waals surface area contributed by atoms with Gasteiger partial charge < -0.3 is 20.3 Å². The molecule has 0 saturated carbocycles. The predicted molar refractivity (Wildman–Crippen MR) is 81.8 cm³/mol. The summed E-state index contributed by atoms with van der Waals surface area (Å²) < 4.78 is 5.34. The van der Waals surface area contributed by atoms with Gasteiger partial charge in [0.1, 0.15) is 5.60 Å².